The average molecular weight is 501 g/mol. The van der Waals surface area contributed by atoms with Gasteiger partial charge in [-0.3, -0.25) is 9.48 Å². The van der Waals surface area contributed by atoms with Crippen molar-refractivity contribution >= 4 is 23.2 Å². The largest absolute Gasteiger partial charge is 0.393 e. The lowest BCUT2D eigenvalue weighted by Gasteiger charge is -2.31. The summed E-state index contributed by atoms with van der Waals surface area (Å²) in [7, 11) is 0. The number of likely N-dealkylation sites (tertiary alicyclic amines) is 1. The molecule has 1 saturated heterocycles. The van der Waals surface area contributed by atoms with Crippen LogP contribution in [0.25, 0.3) is 11.1 Å². The van der Waals surface area contributed by atoms with Crippen LogP contribution in [0.3, 0.4) is 0 Å². The van der Waals surface area contributed by atoms with Crippen LogP contribution in [0.5, 0.6) is 0 Å². The van der Waals surface area contributed by atoms with Gasteiger partial charge in [-0.15, -0.1) is 0 Å². The van der Waals surface area contributed by atoms with E-state index in [1.165, 1.54) is 0 Å². The summed E-state index contributed by atoms with van der Waals surface area (Å²) in [5.41, 5.74) is 3.96. The maximum absolute atomic E-state index is 11.6. The third-order valence-corrected chi connectivity index (χ3v) is 7.32. The lowest BCUT2D eigenvalue weighted by Crippen LogP contribution is -2.37. The molecular weight excluding hydrogens is 468 g/mol. The Kier molecular flexibility index (Phi) is 7.32. The van der Waals surface area contributed by atoms with Gasteiger partial charge in [0.25, 0.3) is 0 Å². The van der Waals surface area contributed by atoms with E-state index in [2.05, 4.69) is 31.8 Å². The van der Waals surface area contributed by atoms with Crippen molar-refractivity contribution in [3.63, 3.8) is 0 Å². The van der Waals surface area contributed by atoms with Crippen molar-refractivity contribution in [1.82, 2.24) is 24.6 Å². The van der Waals surface area contributed by atoms with E-state index in [1.54, 1.807) is 25.4 Å². The molecule has 3 heterocycles. The van der Waals surface area contributed by atoms with Gasteiger partial charge in [0.05, 0.1) is 29.6 Å². The van der Waals surface area contributed by atoms with Gasteiger partial charge in [-0.25, -0.2) is 9.97 Å². The van der Waals surface area contributed by atoms with E-state index >= 15 is 0 Å². The minimum Gasteiger partial charge on any atom is -0.393 e. The highest BCUT2D eigenvalue weighted by Crippen LogP contribution is 2.28. The first-order valence-corrected chi connectivity index (χ1v) is 12.9. The third kappa shape index (κ3) is 5.89. The van der Waals surface area contributed by atoms with Crippen molar-refractivity contribution in [1.29, 1.82) is 5.26 Å². The molecule has 0 bridgehead atoms. The lowest BCUT2D eigenvalue weighted by molar-refractivity contribution is -0.130. The van der Waals surface area contributed by atoms with Crippen LogP contribution in [0, 0.1) is 11.3 Å². The first-order chi connectivity index (χ1) is 18.0. The van der Waals surface area contributed by atoms with Crippen molar-refractivity contribution in [2.45, 2.75) is 63.6 Å². The number of aromatic nitrogens is 4. The zero-order valence-electron chi connectivity index (χ0n) is 21.0. The lowest BCUT2D eigenvalue weighted by atomic mass is 9.93. The smallest absolute Gasteiger partial charge is 0.227 e. The Hall–Kier alpha value is -3.97. The van der Waals surface area contributed by atoms with Gasteiger partial charge < -0.3 is 20.6 Å². The number of carbonyl (C=O) groups excluding carboxylic acids is 1. The van der Waals surface area contributed by atoms with Crippen LogP contribution in [-0.4, -0.2) is 60.9 Å². The Balaban J connectivity index is 1.22. The summed E-state index contributed by atoms with van der Waals surface area (Å²) in [4.78, 5) is 22.4. The molecule has 5 rings (SSSR count). The van der Waals surface area contributed by atoms with Crippen LogP contribution in [0.2, 0.25) is 0 Å². The number of carbonyl (C=O) groups is 1. The van der Waals surface area contributed by atoms with E-state index in [4.69, 9.17) is 0 Å². The fraction of sp³-hybridized carbons (Fsp3) is 0.444. The molecule has 10 nitrogen and oxygen atoms in total. The van der Waals surface area contributed by atoms with Gasteiger partial charge in [0.15, 0.2) is 0 Å². The monoisotopic (exact) mass is 500 g/mol. The van der Waals surface area contributed by atoms with E-state index in [-0.39, 0.29) is 24.1 Å². The summed E-state index contributed by atoms with van der Waals surface area (Å²) in [5.74, 6) is 0.591. The highest BCUT2D eigenvalue weighted by Gasteiger charge is 2.23. The maximum atomic E-state index is 11.6. The van der Waals surface area contributed by atoms with Gasteiger partial charge in [-0.2, -0.15) is 10.4 Å². The molecular formula is C27H32N8O2. The fourth-order valence-corrected chi connectivity index (χ4v) is 5.08. The third-order valence-electron chi connectivity index (χ3n) is 7.32. The molecule has 192 valence electrons. The van der Waals surface area contributed by atoms with Gasteiger partial charge in [0.1, 0.15) is 6.07 Å². The average Bonchev–Trinajstić information content (AvgIpc) is 3.41. The van der Waals surface area contributed by atoms with Crippen LogP contribution in [-0.2, 0) is 4.79 Å². The summed E-state index contributed by atoms with van der Waals surface area (Å²) >= 11 is 0. The van der Waals surface area contributed by atoms with Gasteiger partial charge in [-0.1, -0.05) is 0 Å². The van der Waals surface area contributed by atoms with Gasteiger partial charge in [0, 0.05) is 61.5 Å². The van der Waals surface area contributed by atoms with Crippen LogP contribution < -0.4 is 10.6 Å². The number of benzene rings is 1. The number of nitrogens with zero attached hydrogens (tertiary/aromatic N) is 6. The zero-order valence-corrected chi connectivity index (χ0v) is 21.0. The maximum Gasteiger partial charge on any atom is 0.227 e. The number of aliphatic hydroxyl groups is 1. The predicted molar refractivity (Wildman–Crippen MR) is 140 cm³/mol. The number of aliphatic hydroxyl groups excluding tert-OH is 1. The molecule has 37 heavy (non-hydrogen) atoms. The highest BCUT2D eigenvalue weighted by molar-refractivity contribution is 5.73. The number of amides is 1. The molecule has 0 atom stereocenters. The molecule has 0 unspecified atom stereocenters. The van der Waals surface area contributed by atoms with Crippen molar-refractivity contribution in [2.75, 3.05) is 23.7 Å². The molecule has 1 saturated carbocycles. The summed E-state index contributed by atoms with van der Waals surface area (Å²) in [5, 5.41) is 30.5. The number of nitriles is 1. The minimum absolute atomic E-state index is 0.129. The summed E-state index contributed by atoms with van der Waals surface area (Å²) < 4.78 is 1.98. The van der Waals surface area contributed by atoms with E-state index in [9.17, 15) is 15.2 Å². The predicted octanol–water partition coefficient (Wildman–Crippen LogP) is 3.85. The first-order valence-electron chi connectivity index (χ1n) is 12.9. The minimum atomic E-state index is -0.220. The molecule has 2 aromatic heterocycles. The van der Waals surface area contributed by atoms with Gasteiger partial charge in [-0.05, 0) is 56.7 Å². The van der Waals surface area contributed by atoms with Crippen LogP contribution >= 0.6 is 0 Å². The Labute approximate surface area is 216 Å². The topological polar surface area (TPSA) is 132 Å². The molecule has 1 aromatic carbocycles. The molecule has 0 spiro atoms. The molecule has 3 N–H and O–H groups in total. The second kappa shape index (κ2) is 11.0. The standard InChI is InChI=1S/C27H32N8O2/c1-18(36)34-10-8-24(9-11-34)35-17-21(16-31-35)20-14-29-27(30-15-20)33-23-3-2-19(13-28)26(12-23)32-22-4-6-25(37)7-5-22/h2-3,12,14-17,22,24-25,32,37H,4-11H2,1H3,(H,29,30,33). The van der Waals surface area contributed by atoms with E-state index in [1.807, 2.05) is 34.1 Å². The van der Waals surface area contributed by atoms with E-state index in [0.29, 0.717) is 11.5 Å². The SMILES string of the molecule is CC(=O)N1CCC(n2cc(-c3cnc(Nc4ccc(C#N)c(NC5CCC(O)CC5)c4)nc3)cn2)CC1. The van der Waals surface area contributed by atoms with Crippen molar-refractivity contribution in [2.24, 2.45) is 0 Å². The molecule has 3 aromatic rings. The Morgan fingerprint density at radius 3 is 2.46 bits per heavy atom. The second-order valence-electron chi connectivity index (χ2n) is 9.89. The normalized spacial score (nSPS) is 20.3. The molecule has 2 aliphatic rings. The van der Waals surface area contributed by atoms with Crippen molar-refractivity contribution in [3.8, 4) is 17.2 Å². The number of rotatable bonds is 6. The van der Waals surface area contributed by atoms with Gasteiger partial charge in [0.2, 0.25) is 11.9 Å². The molecule has 1 aliphatic heterocycles. The Morgan fingerprint density at radius 2 is 1.78 bits per heavy atom. The quantitative estimate of drug-likeness (QED) is 0.465. The number of nitrogens with one attached hydrogen (secondary N) is 2. The summed E-state index contributed by atoms with van der Waals surface area (Å²) in [6.45, 7) is 3.14. The van der Waals surface area contributed by atoms with Crippen LogP contribution in [0.1, 0.15) is 57.1 Å². The van der Waals surface area contributed by atoms with E-state index < -0.39 is 0 Å². The molecule has 1 aliphatic carbocycles. The van der Waals surface area contributed by atoms with Crippen LogP contribution in [0.4, 0.5) is 17.3 Å². The number of hydrogen-bond acceptors (Lipinski definition) is 8. The summed E-state index contributed by atoms with van der Waals surface area (Å²) in [6.07, 6.45) is 12.2. The first kappa shape index (κ1) is 24.7. The van der Waals surface area contributed by atoms with E-state index in [0.717, 1.165) is 74.1 Å². The van der Waals surface area contributed by atoms with Crippen molar-refractivity contribution in [3.05, 3.63) is 48.5 Å². The fourth-order valence-electron chi connectivity index (χ4n) is 5.08. The Morgan fingerprint density at radius 1 is 1.05 bits per heavy atom. The molecule has 2 fully saturated rings. The number of anilines is 3. The highest BCUT2D eigenvalue weighted by atomic mass is 16.3. The Bertz CT molecular complexity index is 1270. The van der Waals surface area contributed by atoms with Crippen LogP contribution in [0.15, 0.2) is 43.0 Å². The summed E-state index contributed by atoms with van der Waals surface area (Å²) in [6, 6.07) is 8.30. The molecule has 0 radical (unpaired) electrons. The molecule has 1 amide bonds. The van der Waals surface area contributed by atoms with Crippen molar-refractivity contribution < 1.29 is 9.90 Å². The molecule has 10 heteroatoms. The second-order valence-corrected chi connectivity index (χ2v) is 9.89. The van der Waals surface area contributed by atoms with Gasteiger partial charge >= 0.3 is 0 Å². The number of piperidine rings is 1. The number of hydrogen-bond donors (Lipinski definition) is 3. The zero-order chi connectivity index (χ0) is 25.8.